The zero-order valence-corrected chi connectivity index (χ0v) is 14.5. The van der Waals surface area contributed by atoms with Gasteiger partial charge in [-0.05, 0) is 33.5 Å². The van der Waals surface area contributed by atoms with Crippen molar-refractivity contribution in [2.75, 3.05) is 6.61 Å². The number of esters is 1. The number of carbonyl (C=O) groups is 1. The fourth-order valence-electron chi connectivity index (χ4n) is 1.95. The van der Waals surface area contributed by atoms with Crippen molar-refractivity contribution in [2.24, 2.45) is 0 Å². The summed E-state index contributed by atoms with van der Waals surface area (Å²) in [6.07, 6.45) is 3.51. The molecule has 1 heterocycles. The molecule has 0 spiro atoms. The molecule has 0 bridgehead atoms. The fraction of sp³-hybridized carbons (Fsp3) is 0.800. The zero-order valence-electron chi connectivity index (χ0n) is 13.6. The third kappa shape index (κ3) is 8.52. The molecular formula is C15H27O5P. The molecule has 1 saturated heterocycles. The summed E-state index contributed by atoms with van der Waals surface area (Å²) in [7, 11) is -1.06. The predicted molar refractivity (Wildman–Crippen MR) is 83.0 cm³/mol. The summed E-state index contributed by atoms with van der Waals surface area (Å²) in [5, 5.41) is 0. The first-order chi connectivity index (χ1) is 9.86. The zero-order chi connectivity index (χ0) is 15.8. The third-order valence-corrected chi connectivity index (χ3v) is 4.33. The van der Waals surface area contributed by atoms with Gasteiger partial charge in [0.15, 0.2) is 8.38 Å². The van der Waals surface area contributed by atoms with Gasteiger partial charge in [0.2, 0.25) is 0 Å². The molecule has 6 heteroatoms. The number of carbonyl (C=O) groups excluding carboxylic acids is 1. The second kappa shape index (κ2) is 9.52. The maximum absolute atomic E-state index is 11.0. The van der Waals surface area contributed by atoms with Crippen molar-refractivity contribution in [1.29, 1.82) is 0 Å². The van der Waals surface area contributed by atoms with Crippen LogP contribution in [0.5, 0.6) is 0 Å². The van der Waals surface area contributed by atoms with E-state index in [-0.39, 0.29) is 30.4 Å². The summed E-state index contributed by atoms with van der Waals surface area (Å²) >= 11 is 0. The summed E-state index contributed by atoms with van der Waals surface area (Å²) in [6.45, 7) is 9.98. The van der Waals surface area contributed by atoms with E-state index in [4.69, 9.17) is 18.5 Å². The second-order valence-electron chi connectivity index (χ2n) is 5.60. The Hall–Kier alpha value is -0.480. The highest BCUT2D eigenvalue weighted by atomic mass is 31.2. The SMILES string of the molecule is CC(=O)OC1CCOC(/C=C/P(OC(C)C)OC(C)C)C1. The molecule has 0 aromatic rings. The van der Waals surface area contributed by atoms with Gasteiger partial charge < -0.3 is 18.5 Å². The van der Waals surface area contributed by atoms with Crippen molar-refractivity contribution >= 4 is 14.3 Å². The smallest absolute Gasteiger partial charge is 0.302 e. The molecule has 1 aliphatic heterocycles. The van der Waals surface area contributed by atoms with Gasteiger partial charge in [-0.25, -0.2) is 0 Å². The molecule has 2 atom stereocenters. The lowest BCUT2D eigenvalue weighted by atomic mass is 10.1. The number of hydrogen-bond acceptors (Lipinski definition) is 5. The predicted octanol–water partition coefficient (Wildman–Crippen LogP) is 3.77. The topological polar surface area (TPSA) is 54.0 Å². The van der Waals surface area contributed by atoms with Gasteiger partial charge in [0.1, 0.15) is 6.10 Å². The van der Waals surface area contributed by atoms with Gasteiger partial charge in [-0.3, -0.25) is 4.79 Å². The molecule has 1 fully saturated rings. The van der Waals surface area contributed by atoms with Crippen molar-refractivity contribution in [2.45, 2.75) is 71.9 Å². The average Bonchev–Trinajstić information content (AvgIpc) is 2.34. The van der Waals surface area contributed by atoms with E-state index in [2.05, 4.69) is 0 Å². The van der Waals surface area contributed by atoms with Crippen molar-refractivity contribution in [3.8, 4) is 0 Å². The molecule has 0 aromatic carbocycles. The molecule has 0 saturated carbocycles. The van der Waals surface area contributed by atoms with Crippen molar-refractivity contribution in [3.05, 3.63) is 11.9 Å². The summed E-state index contributed by atoms with van der Waals surface area (Å²) in [5.74, 6) is 1.70. The van der Waals surface area contributed by atoms with Gasteiger partial charge in [0.05, 0.1) is 24.9 Å². The summed E-state index contributed by atoms with van der Waals surface area (Å²) < 4.78 is 22.4. The third-order valence-electron chi connectivity index (χ3n) is 2.65. The monoisotopic (exact) mass is 318 g/mol. The second-order valence-corrected chi connectivity index (χ2v) is 6.89. The molecule has 0 N–H and O–H groups in total. The lowest BCUT2D eigenvalue weighted by Crippen LogP contribution is -2.30. The van der Waals surface area contributed by atoms with Crippen LogP contribution in [0, 0.1) is 0 Å². The summed E-state index contributed by atoms with van der Waals surface area (Å²) in [5.41, 5.74) is 0. The molecule has 1 aliphatic rings. The Bertz CT molecular complexity index is 333. The van der Waals surface area contributed by atoms with Gasteiger partial charge in [-0.1, -0.05) is 6.08 Å². The van der Waals surface area contributed by atoms with Crippen molar-refractivity contribution < 1.29 is 23.3 Å². The lowest BCUT2D eigenvalue weighted by molar-refractivity contribution is -0.151. The minimum absolute atomic E-state index is 0.0559. The molecule has 0 aliphatic carbocycles. The molecule has 0 amide bonds. The molecular weight excluding hydrogens is 291 g/mol. The van der Waals surface area contributed by atoms with E-state index in [0.29, 0.717) is 13.0 Å². The number of ether oxygens (including phenoxy) is 2. The number of hydrogen-bond donors (Lipinski definition) is 0. The molecule has 1 rings (SSSR count). The molecule has 5 nitrogen and oxygen atoms in total. The highest BCUT2D eigenvalue weighted by Gasteiger charge is 2.23. The van der Waals surface area contributed by atoms with Gasteiger partial charge >= 0.3 is 5.97 Å². The first-order valence-corrected chi connectivity index (χ1v) is 8.71. The molecule has 122 valence electrons. The highest BCUT2D eigenvalue weighted by Crippen LogP contribution is 2.43. The van der Waals surface area contributed by atoms with Crippen LogP contribution in [0.2, 0.25) is 0 Å². The first kappa shape index (κ1) is 18.6. The lowest BCUT2D eigenvalue weighted by Gasteiger charge is -2.27. The largest absolute Gasteiger partial charge is 0.462 e. The van der Waals surface area contributed by atoms with Gasteiger partial charge in [0.25, 0.3) is 0 Å². The molecule has 21 heavy (non-hydrogen) atoms. The van der Waals surface area contributed by atoms with E-state index in [1.807, 2.05) is 39.6 Å². The van der Waals surface area contributed by atoms with Crippen LogP contribution in [0.3, 0.4) is 0 Å². The Morgan fingerprint density at radius 3 is 2.38 bits per heavy atom. The van der Waals surface area contributed by atoms with Gasteiger partial charge in [-0.2, -0.15) is 0 Å². The van der Waals surface area contributed by atoms with Crippen LogP contribution in [0.1, 0.15) is 47.5 Å². The van der Waals surface area contributed by atoms with Crippen LogP contribution >= 0.6 is 8.38 Å². The average molecular weight is 318 g/mol. The Morgan fingerprint density at radius 2 is 1.86 bits per heavy atom. The number of rotatable bonds is 7. The van der Waals surface area contributed by atoms with Gasteiger partial charge in [-0.15, -0.1) is 0 Å². The summed E-state index contributed by atoms with van der Waals surface area (Å²) in [4.78, 5) is 11.0. The fourth-order valence-corrected chi connectivity index (χ4v) is 3.30. The Kier molecular flexibility index (Phi) is 8.42. The molecule has 0 aromatic heterocycles. The van der Waals surface area contributed by atoms with E-state index >= 15 is 0 Å². The van der Waals surface area contributed by atoms with Crippen LogP contribution in [-0.2, 0) is 23.3 Å². The van der Waals surface area contributed by atoms with Crippen LogP contribution in [0.15, 0.2) is 11.9 Å². The minimum Gasteiger partial charge on any atom is -0.462 e. The Labute approximate surface area is 128 Å². The minimum atomic E-state index is -1.06. The summed E-state index contributed by atoms with van der Waals surface area (Å²) in [6, 6.07) is 0. The molecule has 0 radical (unpaired) electrons. The Balaban J connectivity index is 2.52. The standard InChI is InChI=1S/C15H27O5P/c1-11(2)19-21(20-12(3)4)9-7-14-10-15(6-8-17-14)18-13(5)16/h7,9,11-12,14-15H,6,8,10H2,1-5H3/b9-7+. The van der Waals surface area contributed by atoms with Crippen LogP contribution < -0.4 is 0 Å². The van der Waals surface area contributed by atoms with E-state index in [9.17, 15) is 4.79 Å². The van der Waals surface area contributed by atoms with E-state index in [1.54, 1.807) is 0 Å². The normalized spacial score (nSPS) is 23.4. The maximum Gasteiger partial charge on any atom is 0.302 e. The van der Waals surface area contributed by atoms with E-state index < -0.39 is 8.38 Å². The van der Waals surface area contributed by atoms with E-state index in [1.165, 1.54) is 6.92 Å². The van der Waals surface area contributed by atoms with Crippen LogP contribution in [-0.4, -0.2) is 37.0 Å². The maximum atomic E-state index is 11.0. The first-order valence-electron chi connectivity index (χ1n) is 7.46. The van der Waals surface area contributed by atoms with Crippen molar-refractivity contribution in [1.82, 2.24) is 0 Å². The Morgan fingerprint density at radius 1 is 1.24 bits per heavy atom. The van der Waals surface area contributed by atoms with Gasteiger partial charge in [0, 0.05) is 19.8 Å². The van der Waals surface area contributed by atoms with E-state index in [0.717, 1.165) is 6.42 Å². The van der Waals surface area contributed by atoms with Crippen LogP contribution in [0.4, 0.5) is 0 Å². The van der Waals surface area contributed by atoms with Crippen LogP contribution in [0.25, 0.3) is 0 Å². The molecule has 2 unspecified atom stereocenters. The van der Waals surface area contributed by atoms with Crippen molar-refractivity contribution in [3.63, 3.8) is 0 Å². The highest BCUT2D eigenvalue weighted by molar-refractivity contribution is 7.50. The quantitative estimate of drug-likeness (QED) is 0.528.